The van der Waals surface area contributed by atoms with Crippen molar-refractivity contribution in [2.75, 3.05) is 39.3 Å². The minimum atomic E-state index is -0.624. The molecule has 0 aromatic carbocycles. The molecule has 12 bridgehead atoms. The van der Waals surface area contributed by atoms with Gasteiger partial charge in [-0.25, -0.2) is 4.79 Å². The van der Waals surface area contributed by atoms with Gasteiger partial charge in [0, 0.05) is 61.5 Å². The largest absolute Gasteiger partial charge is 0.464 e. The van der Waals surface area contributed by atoms with Gasteiger partial charge in [0.2, 0.25) is 5.91 Å². The quantitative estimate of drug-likeness (QED) is 0.264. The number of hydrogen-bond donors (Lipinski definition) is 0. The number of furan rings is 2. The van der Waals surface area contributed by atoms with Gasteiger partial charge in [0.15, 0.2) is 0 Å². The molecule has 1 unspecified atom stereocenters. The lowest BCUT2D eigenvalue weighted by Gasteiger charge is -2.45. The van der Waals surface area contributed by atoms with Gasteiger partial charge in [-0.2, -0.15) is 0 Å². The van der Waals surface area contributed by atoms with Gasteiger partial charge in [0.1, 0.15) is 34.7 Å². The van der Waals surface area contributed by atoms with Crippen LogP contribution in [0.25, 0.3) is 0 Å². The third-order valence-electron chi connectivity index (χ3n) is 16.6. The summed E-state index contributed by atoms with van der Waals surface area (Å²) in [6.45, 7) is 14.5. The van der Waals surface area contributed by atoms with Crippen LogP contribution in [0.15, 0.2) is 57.4 Å². The SMILES string of the molecule is C1=C\CCc2cc3c(o2)[C@@H]2N4CCCC/C=C\[C@H]4C[C@@]24CN(CCCC/1)CC[C@@H]34.CC[C@H]1C[C@@]23C(=O)N4CCCC/C=C\CCc5cc(c(o5)[C@@H]2N1C(=O)OC(C)(C)C)[C@@H]3CC4. The molecule has 0 radical (unpaired) electrons. The van der Waals surface area contributed by atoms with Gasteiger partial charge in [0.05, 0.1) is 11.5 Å². The number of likely N-dealkylation sites (tertiary alicyclic amines) is 1. The minimum absolute atomic E-state index is 0.0280. The van der Waals surface area contributed by atoms with Crippen LogP contribution < -0.4 is 0 Å². The minimum Gasteiger partial charge on any atom is -0.464 e. The maximum absolute atomic E-state index is 14.2. The maximum Gasteiger partial charge on any atom is 0.411 e. The molecule has 2 aliphatic carbocycles. The highest BCUT2D eigenvalue weighted by Gasteiger charge is 2.70. The fourth-order valence-electron chi connectivity index (χ4n) is 14.0. The lowest BCUT2D eigenvalue weighted by Crippen LogP contribution is -2.53. The highest BCUT2D eigenvalue weighted by atomic mass is 16.6. The van der Waals surface area contributed by atoms with E-state index in [0.717, 1.165) is 88.0 Å². The number of nitrogens with zero attached hydrogens (tertiary/aromatic N) is 4. The number of piperidine rings is 2. The number of amides is 2. The van der Waals surface area contributed by atoms with E-state index in [9.17, 15) is 9.59 Å². The highest BCUT2D eigenvalue weighted by Crippen LogP contribution is 2.69. The van der Waals surface area contributed by atoms with Gasteiger partial charge >= 0.3 is 6.09 Å². The molecule has 12 heterocycles. The second kappa shape index (κ2) is 17.1. The molecule has 2 amide bonds. The summed E-state index contributed by atoms with van der Waals surface area (Å²) in [5.41, 5.74) is 1.91. The van der Waals surface area contributed by atoms with Gasteiger partial charge in [-0.05, 0) is 167 Å². The Labute approximate surface area is 371 Å². The van der Waals surface area contributed by atoms with Crippen LogP contribution in [0.1, 0.15) is 189 Å². The number of carbonyl (C=O) groups is 2. The molecule has 2 spiro atoms. The van der Waals surface area contributed by atoms with Crippen molar-refractivity contribution < 1.29 is 23.2 Å². The number of rotatable bonds is 1. The average Bonchev–Trinajstić information content (AvgIpc) is 4.04. The van der Waals surface area contributed by atoms with Crippen LogP contribution in [0, 0.1) is 10.8 Å². The van der Waals surface area contributed by atoms with Crippen molar-refractivity contribution >= 4 is 12.0 Å². The van der Waals surface area contributed by atoms with Crippen LogP contribution in [0.3, 0.4) is 0 Å². The molecule has 14 rings (SSSR count). The summed E-state index contributed by atoms with van der Waals surface area (Å²) in [7, 11) is 0. The molecule has 62 heavy (non-hydrogen) atoms. The van der Waals surface area contributed by atoms with E-state index in [1.807, 2.05) is 25.7 Å². The monoisotopic (exact) mass is 847 g/mol. The van der Waals surface area contributed by atoms with Crippen molar-refractivity contribution in [2.24, 2.45) is 10.8 Å². The van der Waals surface area contributed by atoms with E-state index in [2.05, 4.69) is 70.2 Å². The summed E-state index contributed by atoms with van der Waals surface area (Å²) in [6, 6.07) is 5.38. The number of carbonyl (C=O) groups excluding carboxylic acids is 2. The topological polar surface area (TPSA) is 82.6 Å². The van der Waals surface area contributed by atoms with Crippen molar-refractivity contribution in [1.29, 1.82) is 0 Å². The first-order chi connectivity index (χ1) is 30.1. The van der Waals surface area contributed by atoms with Crippen LogP contribution in [-0.4, -0.2) is 88.6 Å². The zero-order valence-corrected chi connectivity index (χ0v) is 38.4. The van der Waals surface area contributed by atoms with Gasteiger partial charge in [-0.3, -0.25) is 14.6 Å². The predicted molar refractivity (Wildman–Crippen MR) is 243 cm³/mol. The van der Waals surface area contributed by atoms with Gasteiger partial charge in [-0.1, -0.05) is 43.4 Å². The van der Waals surface area contributed by atoms with Crippen LogP contribution in [0.2, 0.25) is 0 Å². The first-order valence-corrected chi connectivity index (χ1v) is 25.1. The molecule has 4 fully saturated rings. The second-order valence-corrected chi connectivity index (χ2v) is 21.5. The number of ether oxygens (including phenoxy) is 1. The van der Waals surface area contributed by atoms with Crippen LogP contribution in [0.4, 0.5) is 4.79 Å². The fraction of sp³-hybridized carbons (Fsp3) is 0.698. The summed E-state index contributed by atoms with van der Waals surface area (Å²) in [6.07, 6.45) is 34.0. The van der Waals surface area contributed by atoms with Crippen LogP contribution in [0.5, 0.6) is 0 Å². The van der Waals surface area contributed by atoms with E-state index in [1.165, 1.54) is 89.1 Å². The first-order valence-electron chi connectivity index (χ1n) is 25.1. The van der Waals surface area contributed by atoms with Crippen LogP contribution in [-0.2, 0) is 22.4 Å². The number of aryl methyl sites for hydroxylation is 2. The van der Waals surface area contributed by atoms with E-state index in [-0.39, 0.29) is 30.0 Å². The lowest BCUT2D eigenvalue weighted by molar-refractivity contribution is -0.149. The molecule has 2 aromatic rings. The Bertz CT molecular complexity index is 2050. The predicted octanol–water partition coefficient (Wildman–Crippen LogP) is 11.3. The second-order valence-electron chi connectivity index (χ2n) is 21.5. The van der Waals surface area contributed by atoms with Gasteiger partial charge in [-0.15, -0.1) is 0 Å². The summed E-state index contributed by atoms with van der Waals surface area (Å²) in [4.78, 5) is 37.3. The summed E-state index contributed by atoms with van der Waals surface area (Å²) in [5, 5.41) is 0. The van der Waals surface area contributed by atoms with E-state index < -0.39 is 11.0 Å². The fourth-order valence-corrected chi connectivity index (χ4v) is 14.0. The van der Waals surface area contributed by atoms with Gasteiger partial charge < -0.3 is 23.4 Å². The van der Waals surface area contributed by atoms with E-state index in [1.54, 1.807) is 5.56 Å². The highest BCUT2D eigenvalue weighted by molar-refractivity contribution is 5.89. The summed E-state index contributed by atoms with van der Waals surface area (Å²) in [5.74, 6) is 5.43. The third kappa shape index (κ3) is 7.37. The molecule has 10 aliphatic heterocycles. The molecule has 9 heteroatoms. The molecule has 0 N–H and O–H groups in total. The molecule has 0 saturated carbocycles. The van der Waals surface area contributed by atoms with Crippen molar-refractivity contribution in [3.8, 4) is 0 Å². The average molecular weight is 847 g/mol. The van der Waals surface area contributed by atoms with Crippen LogP contribution >= 0.6 is 0 Å². The Morgan fingerprint density at radius 3 is 2.08 bits per heavy atom. The molecule has 336 valence electrons. The molecule has 2 aromatic heterocycles. The molecule has 12 aliphatic rings. The Hall–Kier alpha value is -3.56. The molecule has 4 saturated heterocycles. The van der Waals surface area contributed by atoms with E-state index in [0.29, 0.717) is 29.8 Å². The summed E-state index contributed by atoms with van der Waals surface area (Å²) >= 11 is 0. The first kappa shape index (κ1) is 42.4. The molecular formula is C53H74N4O5. The molecule has 9 atom stereocenters. The van der Waals surface area contributed by atoms with E-state index >= 15 is 0 Å². The number of allylic oxidation sites excluding steroid dienone is 5. The Kier molecular flexibility index (Phi) is 11.7. The molecular weight excluding hydrogens is 773 g/mol. The lowest BCUT2D eigenvalue weighted by atomic mass is 9.67. The zero-order chi connectivity index (χ0) is 42.6. The van der Waals surface area contributed by atoms with Crippen molar-refractivity contribution in [1.82, 2.24) is 19.6 Å². The Morgan fingerprint density at radius 2 is 1.37 bits per heavy atom. The third-order valence-corrected chi connectivity index (χ3v) is 16.6. The molecule has 9 nitrogen and oxygen atoms in total. The summed E-state index contributed by atoms with van der Waals surface area (Å²) < 4.78 is 19.1. The number of hydrogen-bond acceptors (Lipinski definition) is 7. The normalized spacial score (nSPS) is 36.9. The Morgan fingerprint density at radius 1 is 0.742 bits per heavy atom. The number of fused-ring (bicyclic) bond motifs is 9. The van der Waals surface area contributed by atoms with Crippen molar-refractivity contribution in [2.45, 2.75) is 185 Å². The standard InChI is InChI=1S/C27H38N2O4.C26H36N2O/c1-5-18-17-27-21-13-15-28(24(27)30)14-11-9-7-6-8-10-12-19-16-20(21)22(32-19)23(27)29(18)25(31)33-26(2,3)4;1-2-5-9-14-27-16-13-23-22-17-21(12-8-3-1)29-24(22)25-26(23,19-27)18-20-11-7-4-6-10-15-28(20)25/h6,8,16,18,21,23H,5,7,9-15,17H2,1-4H3;1,3,7,11,17,20,23,25H,2,4-6,8-10,12-16,18-19H2/b8-6-;3-1-,11-7-/t18-,21-,23-,27-;20-,23-,25-,26-/m00/s1. The van der Waals surface area contributed by atoms with Crippen molar-refractivity contribution in [3.05, 3.63) is 82.8 Å². The van der Waals surface area contributed by atoms with E-state index in [4.69, 9.17) is 13.6 Å². The van der Waals surface area contributed by atoms with Gasteiger partial charge in [0.25, 0.3) is 0 Å². The van der Waals surface area contributed by atoms with Crippen molar-refractivity contribution in [3.63, 3.8) is 0 Å². The maximum atomic E-state index is 14.2. The Balaban J connectivity index is 0.000000149. The zero-order valence-electron chi connectivity index (χ0n) is 38.4. The smallest absolute Gasteiger partial charge is 0.411 e.